The first-order chi connectivity index (χ1) is 14.0. The summed E-state index contributed by atoms with van der Waals surface area (Å²) in [5, 5.41) is 15.9. The van der Waals surface area contributed by atoms with Crippen molar-refractivity contribution in [1.82, 2.24) is 10.7 Å². The van der Waals surface area contributed by atoms with E-state index in [1.807, 2.05) is 0 Å². The highest BCUT2D eigenvalue weighted by Crippen LogP contribution is 2.25. The van der Waals surface area contributed by atoms with Gasteiger partial charge in [-0.2, -0.15) is 5.10 Å². The van der Waals surface area contributed by atoms with Crippen molar-refractivity contribution in [2.45, 2.75) is 19.8 Å². The van der Waals surface area contributed by atoms with Gasteiger partial charge in [0.15, 0.2) is 11.5 Å². The number of hydrogen-bond acceptors (Lipinski definition) is 6. The average molecular weight is 399 g/mol. The summed E-state index contributed by atoms with van der Waals surface area (Å²) in [6.07, 6.45) is 3.43. The second kappa shape index (κ2) is 11.3. The minimum atomic E-state index is -0.472. The summed E-state index contributed by atoms with van der Waals surface area (Å²) < 4.78 is 10.5. The number of hydrazone groups is 1. The van der Waals surface area contributed by atoms with Crippen LogP contribution in [0.25, 0.3) is 0 Å². The van der Waals surface area contributed by atoms with Crippen LogP contribution >= 0.6 is 0 Å². The molecular weight excluding hydrogens is 374 g/mol. The van der Waals surface area contributed by atoms with E-state index in [1.165, 1.54) is 19.4 Å². The van der Waals surface area contributed by atoms with Gasteiger partial charge in [-0.15, -0.1) is 0 Å². The Morgan fingerprint density at radius 1 is 1.17 bits per heavy atom. The van der Waals surface area contributed by atoms with Gasteiger partial charge in [0.2, 0.25) is 0 Å². The molecule has 0 saturated heterocycles. The van der Waals surface area contributed by atoms with Crippen LogP contribution in [0, 0.1) is 0 Å². The predicted octanol–water partition coefficient (Wildman–Crippen LogP) is 2.46. The second-order valence-electron chi connectivity index (χ2n) is 6.13. The number of rotatable bonds is 10. The Morgan fingerprint density at radius 2 is 1.93 bits per heavy atom. The third-order valence-electron chi connectivity index (χ3n) is 3.90. The summed E-state index contributed by atoms with van der Waals surface area (Å²) >= 11 is 0. The molecule has 2 aromatic carbocycles. The van der Waals surface area contributed by atoms with Gasteiger partial charge in [0, 0.05) is 5.56 Å². The van der Waals surface area contributed by atoms with Crippen LogP contribution in [-0.2, 0) is 4.79 Å². The van der Waals surface area contributed by atoms with E-state index >= 15 is 0 Å². The van der Waals surface area contributed by atoms with E-state index in [4.69, 9.17) is 9.47 Å². The Kier molecular flexibility index (Phi) is 8.50. The number of aromatic hydroxyl groups is 1. The third kappa shape index (κ3) is 7.17. The molecule has 0 spiro atoms. The van der Waals surface area contributed by atoms with E-state index in [2.05, 4.69) is 22.8 Å². The van der Waals surface area contributed by atoms with E-state index in [0.29, 0.717) is 29.2 Å². The quantitative estimate of drug-likeness (QED) is 0.323. The summed E-state index contributed by atoms with van der Waals surface area (Å²) in [6, 6.07) is 11.4. The first-order valence-electron chi connectivity index (χ1n) is 9.23. The molecule has 0 fully saturated rings. The van der Waals surface area contributed by atoms with Crippen LogP contribution in [0.4, 0.5) is 0 Å². The molecule has 0 aromatic heterocycles. The molecular formula is C21H25N3O5. The average Bonchev–Trinajstić information content (AvgIpc) is 2.74. The molecule has 0 heterocycles. The maximum atomic E-state index is 12.1. The lowest BCUT2D eigenvalue weighted by Gasteiger charge is -2.07. The molecule has 154 valence electrons. The molecule has 8 heteroatoms. The van der Waals surface area contributed by atoms with E-state index in [0.717, 1.165) is 12.8 Å². The van der Waals surface area contributed by atoms with Gasteiger partial charge in [-0.3, -0.25) is 9.59 Å². The number of unbranched alkanes of at least 4 members (excludes halogenated alkanes) is 1. The van der Waals surface area contributed by atoms with Gasteiger partial charge in [0.05, 0.1) is 26.5 Å². The van der Waals surface area contributed by atoms with Crippen molar-refractivity contribution >= 4 is 18.0 Å². The fourth-order valence-electron chi connectivity index (χ4n) is 2.29. The number of nitrogens with one attached hydrogen (secondary N) is 2. The number of nitrogens with zero attached hydrogens (tertiary/aromatic N) is 1. The number of benzene rings is 2. The number of phenolic OH excluding ortho intramolecular Hbond substituents is 1. The van der Waals surface area contributed by atoms with Gasteiger partial charge >= 0.3 is 0 Å². The number of hydrogen-bond donors (Lipinski definition) is 3. The zero-order valence-corrected chi connectivity index (χ0v) is 16.5. The van der Waals surface area contributed by atoms with Crippen LogP contribution in [0.15, 0.2) is 47.6 Å². The maximum Gasteiger partial charge on any atom is 0.259 e. The van der Waals surface area contributed by atoms with Crippen molar-refractivity contribution in [3.8, 4) is 17.2 Å². The smallest absolute Gasteiger partial charge is 0.259 e. The lowest BCUT2D eigenvalue weighted by Crippen LogP contribution is -2.34. The van der Waals surface area contributed by atoms with Crippen molar-refractivity contribution in [2.24, 2.45) is 5.10 Å². The Bertz CT molecular complexity index is 850. The summed E-state index contributed by atoms with van der Waals surface area (Å²) in [6.45, 7) is 2.51. The molecule has 2 rings (SSSR count). The van der Waals surface area contributed by atoms with Crippen LogP contribution < -0.4 is 20.2 Å². The minimum absolute atomic E-state index is 0.0111. The van der Waals surface area contributed by atoms with Crippen molar-refractivity contribution in [1.29, 1.82) is 0 Å². The molecule has 0 radical (unpaired) electrons. The highest BCUT2D eigenvalue weighted by molar-refractivity contribution is 5.96. The topological polar surface area (TPSA) is 109 Å². The Morgan fingerprint density at radius 3 is 2.62 bits per heavy atom. The molecule has 3 N–H and O–H groups in total. The van der Waals surface area contributed by atoms with Crippen LogP contribution in [0.1, 0.15) is 35.7 Å². The molecule has 0 bridgehead atoms. The molecule has 2 amide bonds. The zero-order valence-electron chi connectivity index (χ0n) is 16.5. The molecule has 8 nitrogen and oxygen atoms in total. The van der Waals surface area contributed by atoms with E-state index in [-0.39, 0.29) is 18.2 Å². The zero-order chi connectivity index (χ0) is 21.1. The number of carbonyl (C=O) groups is 2. The molecule has 0 aliphatic heterocycles. The number of methoxy groups -OCH3 is 1. The van der Waals surface area contributed by atoms with Crippen molar-refractivity contribution in [3.63, 3.8) is 0 Å². The Balaban J connectivity index is 1.77. The fraction of sp³-hybridized carbons (Fsp3) is 0.286. The van der Waals surface area contributed by atoms with Gasteiger partial charge < -0.3 is 19.9 Å². The van der Waals surface area contributed by atoms with Gasteiger partial charge in [-0.25, -0.2) is 5.43 Å². The molecule has 2 aromatic rings. The second-order valence-corrected chi connectivity index (χ2v) is 6.13. The standard InChI is InChI=1S/C21H25N3O5/c1-3-4-11-29-17-8-6-16(7-9-17)21(27)22-14-20(26)24-23-13-15-5-10-18(25)19(12-15)28-2/h5-10,12-13,25H,3-4,11,14H2,1-2H3,(H,22,27)(H,24,26)/b23-13+. The monoisotopic (exact) mass is 399 g/mol. The maximum absolute atomic E-state index is 12.1. The van der Waals surface area contributed by atoms with Crippen LogP contribution in [0.3, 0.4) is 0 Å². The Labute approximate surface area is 169 Å². The molecule has 0 atom stereocenters. The number of phenols is 1. The Hall–Kier alpha value is -3.55. The van der Waals surface area contributed by atoms with Crippen molar-refractivity contribution < 1.29 is 24.2 Å². The molecule has 29 heavy (non-hydrogen) atoms. The summed E-state index contributed by atoms with van der Waals surface area (Å²) in [5.41, 5.74) is 3.38. The molecule has 0 aliphatic rings. The van der Waals surface area contributed by atoms with Crippen LogP contribution in [0.2, 0.25) is 0 Å². The highest BCUT2D eigenvalue weighted by atomic mass is 16.5. The SMILES string of the molecule is CCCCOc1ccc(C(=O)NCC(=O)N/N=C/c2ccc(O)c(OC)c2)cc1. The van der Waals surface area contributed by atoms with Crippen molar-refractivity contribution in [2.75, 3.05) is 20.3 Å². The van der Waals surface area contributed by atoms with Gasteiger partial charge in [-0.05, 0) is 54.4 Å². The summed E-state index contributed by atoms with van der Waals surface area (Å²) in [4.78, 5) is 23.9. The van der Waals surface area contributed by atoms with Crippen molar-refractivity contribution in [3.05, 3.63) is 53.6 Å². The first-order valence-corrected chi connectivity index (χ1v) is 9.23. The van der Waals surface area contributed by atoms with Crippen LogP contribution in [-0.4, -0.2) is 43.4 Å². The molecule has 0 aliphatic carbocycles. The van der Waals surface area contributed by atoms with E-state index < -0.39 is 5.91 Å². The lowest BCUT2D eigenvalue weighted by atomic mass is 10.2. The number of amides is 2. The third-order valence-corrected chi connectivity index (χ3v) is 3.90. The van der Waals surface area contributed by atoms with E-state index in [9.17, 15) is 14.7 Å². The molecule has 0 unspecified atom stereocenters. The lowest BCUT2D eigenvalue weighted by molar-refractivity contribution is -0.120. The first kappa shape index (κ1) is 21.7. The van der Waals surface area contributed by atoms with Gasteiger partial charge in [0.25, 0.3) is 11.8 Å². The number of ether oxygens (including phenoxy) is 2. The highest BCUT2D eigenvalue weighted by Gasteiger charge is 2.08. The number of carbonyl (C=O) groups excluding carboxylic acids is 2. The van der Waals surface area contributed by atoms with Gasteiger partial charge in [-0.1, -0.05) is 13.3 Å². The fourth-order valence-corrected chi connectivity index (χ4v) is 2.29. The molecule has 0 saturated carbocycles. The minimum Gasteiger partial charge on any atom is -0.504 e. The summed E-state index contributed by atoms with van der Waals surface area (Å²) in [5.74, 6) is 0.173. The largest absolute Gasteiger partial charge is 0.504 e. The van der Waals surface area contributed by atoms with Gasteiger partial charge in [0.1, 0.15) is 5.75 Å². The van der Waals surface area contributed by atoms with Crippen LogP contribution in [0.5, 0.6) is 17.2 Å². The van der Waals surface area contributed by atoms with E-state index in [1.54, 1.807) is 36.4 Å². The normalized spacial score (nSPS) is 10.6. The predicted molar refractivity (Wildman–Crippen MR) is 110 cm³/mol. The summed E-state index contributed by atoms with van der Waals surface area (Å²) in [7, 11) is 1.44.